The quantitative estimate of drug-likeness (QED) is 0.864. The highest BCUT2D eigenvalue weighted by Gasteiger charge is 2.10. The van der Waals surface area contributed by atoms with Gasteiger partial charge >= 0.3 is 0 Å². The molecule has 0 aliphatic heterocycles. The third-order valence-corrected chi connectivity index (χ3v) is 2.61. The number of ether oxygens (including phenoxy) is 1. The second-order valence-electron chi connectivity index (χ2n) is 3.73. The first-order valence-electron chi connectivity index (χ1n) is 5.27. The first-order chi connectivity index (χ1) is 8.58. The van der Waals surface area contributed by atoms with Crippen molar-refractivity contribution in [2.24, 2.45) is 5.73 Å². The van der Waals surface area contributed by atoms with Crippen LogP contribution in [0.25, 0.3) is 0 Å². The van der Waals surface area contributed by atoms with E-state index in [1.54, 1.807) is 24.4 Å². The molecular formula is C13H11FN2OS. The number of nitrogens with two attached hydrogens (primary N) is 1. The number of pyridine rings is 1. The Kier molecular flexibility index (Phi) is 3.53. The van der Waals surface area contributed by atoms with Crippen LogP contribution in [0.5, 0.6) is 11.6 Å². The molecule has 1 heterocycles. The van der Waals surface area contributed by atoms with Crippen molar-refractivity contribution in [3.8, 4) is 11.6 Å². The Balaban J connectivity index is 2.40. The topological polar surface area (TPSA) is 48.1 Å². The van der Waals surface area contributed by atoms with Crippen LogP contribution in [0.2, 0.25) is 0 Å². The zero-order valence-corrected chi connectivity index (χ0v) is 10.5. The smallest absolute Gasteiger partial charge is 0.229 e. The summed E-state index contributed by atoms with van der Waals surface area (Å²) >= 11 is 4.91. The Morgan fingerprint density at radius 1 is 1.39 bits per heavy atom. The highest BCUT2D eigenvalue weighted by Crippen LogP contribution is 2.26. The summed E-state index contributed by atoms with van der Waals surface area (Å²) in [6.45, 7) is 1.82. The molecule has 0 unspecified atom stereocenters. The van der Waals surface area contributed by atoms with Gasteiger partial charge in [0.25, 0.3) is 0 Å². The van der Waals surface area contributed by atoms with Crippen LogP contribution in [0.15, 0.2) is 36.5 Å². The number of benzene rings is 1. The fourth-order valence-electron chi connectivity index (χ4n) is 1.45. The number of aryl methyl sites for hydroxylation is 1. The van der Waals surface area contributed by atoms with Gasteiger partial charge in [-0.3, -0.25) is 0 Å². The molecule has 92 valence electrons. The summed E-state index contributed by atoms with van der Waals surface area (Å²) < 4.78 is 18.7. The monoisotopic (exact) mass is 262 g/mol. The highest BCUT2D eigenvalue weighted by molar-refractivity contribution is 7.80. The first kappa shape index (κ1) is 12.4. The lowest BCUT2D eigenvalue weighted by Crippen LogP contribution is -2.11. The number of nitrogens with zero attached hydrogens (tertiary/aromatic N) is 1. The van der Waals surface area contributed by atoms with Crippen molar-refractivity contribution in [2.75, 3.05) is 0 Å². The molecule has 0 radical (unpaired) electrons. The summed E-state index contributed by atoms with van der Waals surface area (Å²) in [5, 5.41) is 0. The third kappa shape index (κ3) is 2.62. The molecule has 3 nitrogen and oxygen atoms in total. The second kappa shape index (κ2) is 5.10. The van der Waals surface area contributed by atoms with Gasteiger partial charge in [0.05, 0.1) is 5.56 Å². The maximum absolute atomic E-state index is 13.2. The summed E-state index contributed by atoms with van der Waals surface area (Å²) in [7, 11) is 0. The van der Waals surface area contributed by atoms with E-state index in [-0.39, 0.29) is 16.7 Å². The van der Waals surface area contributed by atoms with E-state index in [2.05, 4.69) is 4.98 Å². The SMILES string of the molecule is Cc1ccc(F)cc1Oc1ncccc1C(N)=S. The van der Waals surface area contributed by atoms with Gasteiger partial charge in [-0.2, -0.15) is 0 Å². The van der Waals surface area contributed by atoms with Crippen molar-refractivity contribution in [2.45, 2.75) is 6.92 Å². The van der Waals surface area contributed by atoms with Gasteiger partial charge in [-0.15, -0.1) is 0 Å². The van der Waals surface area contributed by atoms with Crippen molar-refractivity contribution in [1.82, 2.24) is 4.98 Å². The fraction of sp³-hybridized carbons (Fsp3) is 0.0769. The van der Waals surface area contributed by atoms with Gasteiger partial charge in [-0.05, 0) is 30.7 Å². The van der Waals surface area contributed by atoms with E-state index >= 15 is 0 Å². The molecule has 0 atom stereocenters. The van der Waals surface area contributed by atoms with Crippen molar-refractivity contribution < 1.29 is 9.13 Å². The van der Waals surface area contributed by atoms with Crippen LogP contribution in [-0.4, -0.2) is 9.97 Å². The van der Waals surface area contributed by atoms with E-state index in [4.69, 9.17) is 22.7 Å². The maximum Gasteiger partial charge on any atom is 0.229 e. The van der Waals surface area contributed by atoms with Crippen LogP contribution in [0.4, 0.5) is 4.39 Å². The Bertz CT molecular complexity index is 601. The molecule has 0 saturated heterocycles. The molecule has 1 aromatic heterocycles. The van der Waals surface area contributed by atoms with Crippen molar-refractivity contribution in [1.29, 1.82) is 0 Å². The summed E-state index contributed by atoms with van der Waals surface area (Å²) in [5.74, 6) is 0.299. The predicted octanol–water partition coefficient (Wildman–Crippen LogP) is 2.96. The second-order valence-corrected chi connectivity index (χ2v) is 4.17. The molecule has 2 aromatic rings. The van der Waals surface area contributed by atoms with Crippen molar-refractivity contribution in [3.05, 3.63) is 53.5 Å². The lowest BCUT2D eigenvalue weighted by atomic mass is 10.2. The molecule has 0 aliphatic rings. The Morgan fingerprint density at radius 2 is 2.17 bits per heavy atom. The predicted molar refractivity (Wildman–Crippen MR) is 71.3 cm³/mol. The van der Waals surface area contributed by atoms with E-state index in [1.165, 1.54) is 12.1 Å². The normalized spacial score (nSPS) is 10.1. The number of hydrogen-bond donors (Lipinski definition) is 1. The zero-order valence-electron chi connectivity index (χ0n) is 9.68. The van der Waals surface area contributed by atoms with Gasteiger partial charge < -0.3 is 10.5 Å². The number of halogens is 1. The van der Waals surface area contributed by atoms with E-state index in [9.17, 15) is 4.39 Å². The Labute approximate surface area is 109 Å². The van der Waals surface area contributed by atoms with Crippen LogP contribution in [-0.2, 0) is 0 Å². The molecule has 18 heavy (non-hydrogen) atoms. The van der Waals surface area contributed by atoms with Gasteiger partial charge in [0.15, 0.2) is 0 Å². The number of aromatic nitrogens is 1. The molecule has 0 aliphatic carbocycles. The van der Waals surface area contributed by atoms with Crippen LogP contribution in [0.3, 0.4) is 0 Å². The maximum atomic E-state index is 13.2. The minimum Gasteiger partial charge on any atom is -0.438 e. The van der Waals surface area contributed by atoms with Gasteiger partial charge in [0.2, 0.25) is 5.88 Å². The van der Waals surface area contributed by atoms with E-state index in [0.29, 0.717) is 11.3 Å². The van der Waals surface area contributed by atoms with Gasteiger partial charge in [-0.1, -0.05) is 18.3 Å². The summed E-state index contributed by atoms with van der Waals surface area (Å²) in [6.07, 6.45) is 1.56. The minimum atomic E-state index is -0.372. The first-order valence-corrected chi connectivity index (χ1v) is 5.67. The number of rotatable bonds is 3. The largest absolute Gasteiger partial charge is 0.438 e. The number of thiocarbonyl (C=S) groups is 1. The van der Waals surface area contributed by atoms with E-state index in [0.717, 1.165) is 5.56 Å². The highest BCUT2D eigenvalue weighted by atomic mass is 32.1. The molecule has 0 fully saturated rings. The van der Waals surface area contributed by atoms with Gasteiger partial charge in [-0.25, -0.2) is 9.37 Å². The zero-order chi connectivity index (χ0) is 13.1. The van der Waals surface area contributed by atoms with Gasteiger partial charge in [0.1, 0.15) is 16.6 Å². The molecule has 2 N–H and O–H groups in total. The summed E-state index contributed by atoms with van der Waals surface area (Å²) in [4.78, 5) is 4.24. The molecule has 5 heteroatoms. The lowest BCUT2D eigenvalue weighted by molar-refractivity contribution is 0.453. The molecule has 1 aromatic carbocycles. The molecule has 0 saturated carbocycles. The standard InChI is InChI=1S/C13H11FN2OS/c1-8-4-5-9(14)7-11(8)17-13-10(12(15)18)3-2-6-16-13/h2-7H,1H3,(H2,15,18). The van der Waals surface area contributed by atoms with Gasteiger partial charge in [0, 0.05) is 12.3 Å². The average Bonchev–Trinajstić information content (AvgIpc) is 2.34. The van der Waals surface area contributed by atoms with Crippen LogP contribution < -0.4 is 10.5 Å². The van der Waals surface area contributed by atoms with Crippen LogP contribution >= 0.6 is 12.2 Å². The van der Waals surface area contributed by atoms with E-state index < -0.39 is 0 Å². The van der Waals surface area contributed by atoms with E-state index in [1.807, 2.05) is 6.92 Å². The fourth-order valence-corrected chi connectivity index (χ4v) is 1.60. The average molecular weight is 262 g/mol. The molecular weight excluding hydrogens is 251 g/mol. The molecule has 0 bridgehead atoms. The Morgan fingerprint density at radius 3 is 2.89 bits per heavy atom. The molecule has 0 spiro atoms. The molecule has 0 amide bonds. The van der Waals surface area contributed by atoms with Crippen molar-refractivity contribution in [3.63, 3.8) is 0 Å². The number of hydrogen-bond acceptors (Lipinski definition) is 3. The summed E-state index contributed by atoms with van der Waals surface area (Å²) in [5.41, 5.74) is 6.90. The van der Waals surface area contributed by atoms with Crippen LogP contribution in [0.1, 0.15) is 11.1 Å². The van der Waals surface area contributed by atoms with Crippen molar-refractivity contribution >= 4 is 17.2 Å². The summed E-state index contributed by atoms with van der Waals surface area (Å²) in [6, 6.07) is 7.72. The minimum absolute atomic E-state index is 0.187. The molecule has 2 rings (SSSR count). The lowest BCUT2D eigenvalue weighted by Gasteiger charge is -2.10. The third-order valence-electron chi connectivity index (χ3n) is 2.39. The Hall–Kier alpha value is -2.01. The van der Waals surface area contributed by atoms with Crippen LogP contribution in [0, 0.1) is 12.7 Å².